The molecule has 0 amide bonds. The van der Waals surface area contributed by atoms with Crippen LogP contribution in [0.4, 0.5) is 0 Å². The Morgan fingerprint density at radius 1 is 1.00 bits per heavy atom. The van der Waals surface area contributed by atoms with E-state index in [1.165, 1.54) is 0 Å². The topological polar surface area (TPSA) is 0 Å². The van der Waals surface area contributed by atoms with Crippen LogP contribution >= 0.6 is 25.5 Å². The normalized spacial score (nSPS) is 7.20. The van der Waals surface area contributed by atoms with Crippen LogP contribution < -0.4 is 0 Å². The third-order valence-corrected chi connectivity index (χ3v) is 0. The van der Waals surface area contributed by atoms with Crippen LogP contribution in [-0.2, 0) is 16.5 Å². The van der Waals surface area contributed by atoms with Gasteiger partial charge >= 0.3 is 43.7 Å². The molecule has 0 bridgehead atoms. The van der Waals surface area contributed by atoms with Crippen LogP contribution in [0.5, 0.6) is 0 Å². The van der Waals surface area contributed by atoms with E-state index in [-0.39, 0.29) is 16.5 Å². The van der Waals surface area contributed by atoms with E-state index in [4.69, 9.17) is 25.5 Å². The predicted octanol–water partition coefficient (Wildman–Crippen LogP) is 1.69. The molecule has 0 aliphatic heterocycles. The fourth-order valence-electron chi connectivity index (χ4n) is 0. The molecule has 0 radical (unpaired) electrons. The molecule has 0 aromatic rings. The van der Waals surface area contributed by atoms with Crippen LogP contribution in [0.25, 0.3) is 0 Å². The summed E-state index contributed by atoms with van der Waals surface area (Å²) in [5, 5.41) is 0. The molecule has 0 unspecified atom stereocenters. The van der Waals surface area contributed by atoms with Crippen molar-refractivity contribution in [2.24, 2.45) is 0 Å². The summed E-state index contributed by atoms with van der Waals surface area (Å²) in [5.74, 6) is 0. The minimum absolute atomic E-state index is 0. The van der Waals surface area contributed by atoms with Crippen LogP contribution in [0.3, 0.4) is 0 Å². The van der Waals surface area contributed by atoms with Crippen molar-refractivity contribution in [2.75, 3.05) is 0 Å². The smallest absolute Gasteiger partial charge is 0 e. The Morgan fingerprint density at radius 2 is 1.00 bits per heavy atom. The van der Waals surface area contributed by atoms with Gasteiger partial charge in [-0.2, -0.15) is 0 Å². The molecule has 0 aliphatic carbocycles. The van der Waals surface area contributed by atoms with Crippen molar-refractivity contribution in [2.45, 2.75) is 0 Å². The largest absolute Gasteiger partial charge is 0 e. The number of hydrogen-bond donors (Lipinski definition) is 0. The Bertz CT molecular complexity index is 11.6. The molecular formula is BiCl3Ni. The van der Waals surface area contributed by atoms with Crippen LogP contribution in [0, 0.1) is 0 Å². The van der Waals surface area contributed by atoms with Gasteiger partial charge in [0.25, 0.3) is 0 Å². The fourth-order valence-corrected chi connectivity index (χ4v) is 0. The van der Waals surface area contributed by atoms with Crippen LogP contribution in [0.2, 0.25) is 0 Å². The molecule has 0 heterocycles. The van der Waals surface area contributed by atoms with Gasteiger partial charge in [-0.3, -0.25) is 0 Å². The molecule has 36 valence electrons. The Balaban J connectivity index is 0. The Hall–Kier alpha value is 2.25. The zero-order valence-electron chi connectivity index (χ0n) is 1.90. The third kappa shape index (κ3) is 22.3. The second kappa shape index (κ2) is 6.25. The standard InChI is InChI=1S/Bi.3ClH.Ni/h;3*1H;/q+3;;;;/p-3. The van der Waals surface area contributed by atoms with Gasteiger partial charge in [0.15, 0.2) is 0 Å². The maximum absolute atomic E-state index is 5.01. The van der Waals surface area contributed by atoms with E-state index in [2.05, 4.69) is 0 Å². The molecule has 0 aliphatic rings. The number of rotatable bonds is 0. The second-order valence-electron chi connectivity index (χ2n) is 0.192. The minimum atomic E-state index is -2.18. The summed E-state index contributed by atoms with van der Waals surface area (Å²) in [7, 11) is 15.0. The molecule has 0 saturated carbocycles. The summed E-state index contributed by atoms with van der Waals surface area (Å²) < 4.78 is 0. The summed E-state index contributed by atoms with van der Waals surface area (Å²) in [6.45, 7) is 0. The number of halogens is 3. The quantitative estimate of drug-likeness (QED) is 0.567. The monoisotopic (exact) mass is 372 g/mol. The summed E-state index contributed by atoms with van der Waals surface area (Å²) >= 11 is -2.18. The van der Waals surface area contributed by atoms with Crippen molar-refractivity contribution in [1.82, 2.24) is 0 Å². The molecule has 0 aromatic carbocycles. The first-order valence-corrected chi connectivity index (χ1v) is 13.3. The van der Waals surface area contributed by atoms with Crippen molar-refractivity contribution in [3.63, 3.8) is 0 Å². The molecule has 0 atom stereocenters. The fraction of sp³-hybridized carbons (Fsp3) is 0. The van der Waals surface area contributed by atoms with E-state index < -0.39 is 18.2 Å². The van der Waals surface area contributed by atoms with Crippen LogP contribution in [0.1, 0.15) is 0 Å². The third-order valence-electron chi connectivity index (χ3n) is 0. The van der Waals surface area contributed by atoms with Crippen molar-refractivity contribution < 1.29 is 16.5 Å². The van der Waals surface area contributed by atoms with Gasteiger partial charge in [0, 0.05) is 16.5 Å². The summed E-state index contributed by atoms with van der Waals surface area (Å²) in [6.07, 6.45) is 0. The van der Waals surface area contributed by atoms with Crippen LogP contribution in [0.15, 0.2) is 0 Å². The van der Waals surface area contributed by atoms with Gasteiger partial charge in [0.05, 0.1) is 0 Å². The molecule has 0 N–H and O–H groups in total. The molecular weight excluding hydrogens is 374 g/mol. The molecule has 0 rings (SSSR count). The zero-order valence-corrected chi connectivity index (χ0v) is 8.63. The van der Waals surface area contributed by atoms with E-state index in [9.17, 15) is 0 Å². The average molecular weight is 374 g/mol. The predicted molar refractivity (Wildman–Crippen MR) is 23.3 cm³/mol. The first-order valence-electron chi connectivity index (χ1n) is 0.507. The molecule has 0 saturated heterocycles. The Morgan fingerprint density at radius 3 is 1.00 bits per heavy atom. The minimum Gasteiger partial charge on any atom is 0 e. The SMILES string of the molecule is [Cl][Bi]([Cl])[Cl].[Ni]. The second-order valence-corrected chi connectivity index (χ2v) is 15.1. The first-order chi connectivity index (χ1) is 1.73. The molecule has 0 aromatic heterocycles. The van der Waals surface area contributed by atoms with Gasteiger partial charge in [0.1, 0.15) is 0 Å². The average Bonchev–Trinajstić information content (AvgIpc) is 0.811. The summed E-state index contributed by atoms with van der Waals surface area (Å²) in [4.78, 5) is 0. The first kappa shape index (κ1) is 10.3. The summed E-state index contributed by atoms with van der Waals surface area (Å²) in [6, 6.07) is 0. The summed E-state index contributed by atoms with van der Waals surface area (Å²) in [5.41, 5.74) is 0. The van der Waals surface area contributed by atoms with Crippen molar-refractivity contribution >= 4 is 43.7 Å². The van der Waals surface area contributed by atoms with E-state index in [1.54, 1.807) is 0 Å². The zero-order chi connectivity index (χ0) is 3.58. The van der Waals surface area contributed by atoms with E-state index in [0.717, 1.165) is 0 Å². The van der Waals surface area contributed by atoms with Gasteiger partial charge in [-0.25, -0.2) is 0 Å². The Labute approximate surface area is 59.4 Å². The van der Waals surface area contributed by atoms with Crippen LogP contribution in [-0.4, -0.2) is 18.2 Å². The molecule has 0 fully saturated rings. The molecule has 5 heavy (non-hydrogen) atoms. The van der Waals surface area contributed by atoms with Crippen molar-refractivity contribution in [3.05, 3.63) is 0 Å². The van der Waals surface area contributed by atoms with E-state index in [0.29, 0.717) is 0 Å². The van der Waals surface area contributed by atoms with Gasteiger partial charge in [-0.1, -0.05) is 0 Å². The van der Waals surface area contributed by atoms with E-state index >= 15 is 0 Å². The van der Waals surface area contributed by atoms with Gasteiger partial charge < -0.3 is 0 Å². The number of hydrogen-bond acceptors (Lipinski definition) is 0. The maximum atomic E-state index is 5.01. The van der Waals surface area contributed by atoms with Gasteiger partial charge in [-0.05, 0) is 0 Å². The van der Waals surface area contributed by atoms with Crippen molar-refractivity contribution in [3.8, 4) is 0 Å². The van der Waals surface area contributed by atoms with Gasteiger partial charge in [0.2, 0.25) is 0 Å². The van der Waals surface area contributed by atoms with E-state index in [1.807, 2.05) is 0 Å². The Kier molecular flexibility index (Phi) is 12.8. The van der Waals surface area contributed by atoms with Crippen molar-refractivity contribution in [1.29, 1.82) is 0 Å². The van der Waals surface area contributed by atoms with Gasteiger partial charge in [-0.15, -0.1) is 0 Å². The molecule has 0 spiro atoms. The molecule has 0 nitrogen and oxygen atoms in total. The molecule has 5 heteroatoms. The maximum Gasteiger partial charge on any atom is 0 e.